The minimum atomic E-state index is 0.276. The summed E-state index contributed by atoms with van der Waals surface area (Å²) in [4.78, 5) is 11.1. The molecule has 0 unspecified atom stereocenters. The molecule has 1 nitrogen and oxygen atoms in total. The van der Waals surface area contributed by atoms with Crippen molar-refractivity contribution >= 4 is 5.78 Å². The van der Waals surface area contributed by atoms with Gasteiger partial charge in [0.1, 0.15) is 5.78 Å². The summed E-state index contributed by atoms with van der Waals surface area (Å²) in [7, 11) is 0. The van der Waals surface area contributed by atoms with Gasteiger partial charge in [-0.05, 0) is 166 Å². The molecule has 0 spiro atoms. The normalized spacial score (nSPS) is 14.4. The quantitative estimate of drug-likeness (QED) is 0.100. The highest BCUT2D eigenvalue weighted by Gasteiger charge is 1.97. The Morgan fingerprint density at radius 3 is 0.659 bits per heavy atom. The van der Waals surface area contributed by atoms with Gasteiger partial charge in [-0.15, -0.1) is 0 Å². The van der Waals surface area contributed by atoms with Gasteiger partial charge in [-0.3, -0.25) is 0 Å². The van der Waals surface area contributed by atoms with Gasteiger partial charge in [0.25, 0.3) is 0 Å². The first-order chi connectivity index (χ1) is 20.9. The molecule has 0 N–H and O–H groups in total. The van der Waals surface area contributed by atoms with Gasteiger partial charge in [0, 0.05) is 6.42 Å². The summed E-state index contributed by atoms with van der Waals surface area (Å²) in [5.41, 5.74) is 11.9. The Labute approximate surface area is 275 Å². The number of carbonyl (C=O) groups excluding carboxylic acids is 1. The fourth-order valence-electron chi connectivity index (χ4n) is 5.10. The Hall–Kier alpha value is -2.41. The van der Waals surface area contributed by atoms with Gasteiger partial charge >= 0.3 is 0 Å². The van der Waals surface area contributed by atoms with E-state index in [1.54, 1.807) is 6.92 Å². The van der Waals surface area contributed by atoms with Crippen molar-refractivity contribution in [3.05, 3.63) is 93.2 Å². The van der Waals surface area contributed by atoms with Gasteiger partial charge in [-0.25, -0.2) is 0 Å². The van der Waals surface area contributed by atoms with Crippen LogP contribution in [-0.2, 0) is 4.79 Å². The second-order valence-electron chi connectivity index (χ2n) is 13.6. The summed E-state index contributed by atoms with van der Waals surface area (Å²) in [5, 5.41) is 0. The Kier molecular flexibility index (Phi) is 25.5. The minimum absolute atomic E-state index is 0.276. The molecule has 0 radical (unpaired) electrons. The molecular formula is C43H70O. The van der Waals surface area contributed by atoms with Crippen molar-refractivity contribution in [2.24, 2.45) is 0 Å². The largest absolute Gasteiger partial charge is 0.300 e. The van der Waals surface area contributed by atoms with Crippen molar-refractivity contribution in [1.82, 2.24) is 0 Å². The standard InChI is InChI=1S/C43H70O/c1-35(2)19-11-20-36(3)21-12-22-37(4)23-13-24-38(5)25-14-26-39(6)27-15-28-40(7)29-16-30-41(8)31-17-32-42(9)33-18-34-43(10)44/h19,21,23,25,27,29,31,33H,11-18,20,22,24,26,28,30,32,34H2,1-10H3/b36-21-,37-23+,38-25+,39-27+,40-29+,41-31+,42-33+. The molecule has 1 heteroatoms. The predicted molar refractivity (Wildman–Crippen MR) is 200 cm³/mol. The van der Waals surface area contributed by atoms with E-state index in [9.17, 15) is 4.79 Å². The number of allylic oxidation sites excluding steroid dienone is 16. The summed E-state index contributed by atoms with van der Waals surface area (Å²) in [6.45, 7) is 21.9. The number of carbonyl (C=O) groups is 1. The second kappa shape index (κ2) is 26.9. The van der Waals surface area contributed by atoms with E-state index < -0.39 is 0 Å². The Bertz CT molecular complexity index is 1060. The van der Waals surface area contributed by atoms with Gasteiger partial charge < -0.3 is 4.79 Å². The highest BCUT2D eigenvalue weighted by atomic mass is 16.1. The van der Waals surface area contributed by atoms with E-state index >= 15 is 0 Å². The maximum Gasteiger partial charge on any atom is 0.130 e. The maximum atomic E-state index is 11.1. The third-order valence-corrected chi connectivity index (χ3v) is 8.27. The van der Waals surface area contributed by atoms with Crippen molar-refractivity contribution in [3.8, 4) is 0 Å². The first kappa shape index (κ1) is 41.6. The highest BCUT2D eigenvalue weighted by Crippen LogP contribution is 2.17. The van der Waals surface area contributed by atoms with Crippen LogP contribution in [0.2, 0.25) is 0 Å². The first-order valence-corrected chi connectivity index (χ1v) is 17.6. The Morgan fingerprint density at radius 1 is 0.295 bits per heavy atom. The molecule has 0 aliphatic heterocycles. The SMILES string of the molecule is CC(=O)CC/C=C(\C)CC/C=C(\C)CC/C=C(\C)CC/C=C(\C)CC/C=C(\C)CC/C=C(\C)CC/C=C(/C)CCC=C(C)C. The number of rotatable bonds is 24. The fourth-order valence-corrected chi connectivity index (χ4v) is 5.10. The van der Waals surface area contributed by atoms with Gasteiger partial charge in [0.15, 0.2) is 0 Å². The minimum Gasteiger partial charge on any atom is -0.300 e. The number of hydrogen-bond donors (Lipinski definition) is 0. The zero-order chi connectivity index (χ0) is 33.2. The summed E-state index contributed by atoms with van der Waals surface area (Å²) in [6, 6.07) is 0. The van der Waals surface area contributed by atoms with Crippen molar-refractivity contribution in [3.63, 3.8) is 0 Å². The Balaban J connectivity index is 4.20. The lowest BCUT2D eigenvalue weighted by Gasteiger charge is -2.04. The lowest BCUT2D eigenvalue weighted by molar-refractivity contribution is -0.116. The molecule has 0 fully saturated rings. The van der Waals surface area contributed by atoms with E-state index in [1.807, 2.05) is 0 Å². The molecule has 0 aromatic heterocycles. The molecule has 0 aromatic carbocycles. The number of hydrogen-bond acceptors (Lipinski definition) is 1. The van der Waals surface area contributed by atoms with E-state index in [2.05, 4.69) is 111 Å². The third-order valence-electron chi connectivity index (χ3n) is 8.27. The van der Waals surface area contributed by atoms with Gasteiger partial charge in [0.05, 0.1) is 0 Å². The van der Waals surface area contributed by atoms with Crippen LogP contribution < -0.4 is 0 Å². The molecule has 0 aliphatic carbocycles. The molecule has 0 aliphatic rings. The van der Waals surface area contributed by atoms with E-state index in [1.165, 1.54) is 83.1 Å². The summed E-state index contributed by atoms with van der Waals surface area (Å²) >= 11 is 0. The van der Waals surface area contributed by atoms with Crippen molar-refractivity contribution in [2.75, 3.05) is 0 Å². The molecule has 0 heterocycles. The first-order valence-electron chi connectivity index (χ1n) is 17.6. The van der Waals surface area contributed by atoms with Crippen LogP contribution in [0.25, 0.3) is 0 Å². The summed E-state index contributed by atoms with van der Waals surface area (Å²) < 4.78 is 0. The molecule has 0 amide bonds. The molecule has 0 bridgehead atoms. The number of Topliss-reactive ketones (excluding diaryl/α,β-unsaturated/α-hetero) is 1. The van der Waals surface area contributed by atoms with Crippen LogP contribution in [0.4, 0.5) is 0 Å². The Morgan fingerprint density at radius 2 is 0.477 bits per heavy atom. The topological polar surface area (TPSA) is 17.1 Å². The van der Waals surface area contributed by atoms with Crippen LogP contribution >= 0.6 is 0 Å². The van der Waals surface area contributed by atoms with E-state index in [0.717, 1.165) is 57.8 Å². The lowest BCUT2D eigenvalue weighted by Crippen LogP contribution is -1.87. The fraction of sp³-hybridized carbons (Fsp3) is 0.605. The summed E-state index contributed by atoms with van der Waals surface area (Å²) in [5.74, 6) is 0.276. The smallest absolute Gasteiger partial charge is 0.130 e. The average Bonchev–Trinajstić information content (AvgIpc) is 2.92. The third kappa shape index (κ3) is 28.4. The zero-order valence-electron chi connectivity index (χ0n) is 30.8. The molecule has 0 saturated carbocycles. The van der Waals surface area contributed by atoms with Gasteiger partial charge in [-0.2, -0.15) is 0 Å². The monoisotopic (exact) mass is 603 g/mol. The maximum absolute atomic E-state index is 11.1. The van der Waals surface area contributed by atoms with Crippen LogP contribution in [0.1, 0.15) is 172 Å². The molecule has 0 rings (SSSR count). The average molecular weight is 603 g/mol. The van der Waals surface area contributed by atoms with Gasteiger partial charge in [0.2, 0.25) is 0 Å². The molecule has 0 aromatic rings. The van der Waals surface area contributed by atoms with Crippen molar-refractivity contribution < 1.29 is 4.79 Å². The van der Waals surface area contributed by atoms with Crippen LogP contribution in [0, 0.1) is 0 Å². The molecule has 0 atom stereocenters. The molecule has 248 valence electrons. The number of ketones is 1. The highest BCUT2D eigenvalue weighted by molar-refractivity contribution is 5.75. The molecule has 0 saturated heterocycles. The zero-order valence-corrected chi connectivity index (χ0v) is 30.8. The van der Waals surface area contributed by atoms with Crippen LogP contribution in [-0.4, -0.2) is 5.78 Å². The summed E-state index contributed by atoms with van der Waals surface area (Å²) in [6.07, 6.45) is 36.9. The van der Waals surface area contributed by atoms with Crippen LogP contribution in [0.15, 0.2) is 93.2 Å². The molecular weight excluding hydrogens is 532 g/mol. The van der Waals surface area contributed by atoms with Crippen molar-refractivity contribution in [2.45, 2.75) is 172 Å². The second-order valence-corrected chi connectivity index (χ2v) is 13.6. The van der Waals surface area contributed by atoms with E-state index in [4.69, 9.17) is 0 Å². The van der Waals surface area contributed by atoms with E-state index in [-0.39, 0.29) is 5.78 Å². The van der Waals surface area contributed by atoms with Crippen LogP contribution in [0.3, 0.4) is 0 Å². The molecule has 44 heavy (non-hydrogen) atoms. The van der Waals surface area contributed by atoms with E-state index in [0.29, 0.717) is 6.42 Å². The van der Waals surface area contributed by atoms with Gasteiger partial charge in [-0.1, -0.05) is 93.2 Å². The predicted octanol–water partition coefficient (Wildman–Crippen LogP) is 14.4. The lowest BCUT2D eigenvalue weighted by atomic mass is 10.0. The van der Waals surface area contributed by atoms with Crippen molar-refractivity contribution in [1.29, 1.82) is 0 Å². The van der Waals surface area contributed by atoms with Crippen LogP contribution in [0.5, 0.6) is 0 Å².